The molecule has 1 fully saturated rings. The van der Waals surface area contributed by atoms with Crippen LogP contribution in [0.2, 0.25) is 0 Å². The SMILES string of the molecule is CC.CC.CN1CCN(C(=O)c2ccc(-c3cn4c(-c5ccc(C#N)cc5)cnc4cn3)cc2C(=O)N=[N+]=[N-])CC1. The second-order valence-corrected chi connectivity index (χ2v) is 8.68. The number of rotatable bonds is 4. The molecule has 0 unspecified atom stereocenters. The maximum Gasteiger partial charge on any atom is 0.254 e. The van der Waals surface area contributed by atoms with Crippen LogP contribution >= 0.6 is 0 Å². The van der Waals surface area contributed by atoms with Crippen LogP contribution in [0.4, 0.5) is 0 Å². The number of aromatic nitrogens is 3. The molecule has 1 saturated heterocycles. The molecule has 0 radical (unpaired) electrons. The lowest BCUT2D eigenvalue weighted by molar-refractivity contribution is 0.0660. The first-order chi connectivity index (χ1) is 20.0. The standard InChI is InChI=1S/C26H21N9O2.2C2H6/c1-33-8-10-34(11-9-33)26(37)20-7-6-19(12-21(20)25(36)31-32-28)22-16-35-23(14-30-24(35)15-29-22)18-4-2-17(13-27)3-5-18;2*1-2/h2-7,12,14-16H,8-11H2,1H3;2*1-2H3. The van der Waals surface area contributed by atoms with Crippen molar-refractivity contribution in [3.63, 3.8) is 0 Å². The number of imidazole rings is 1. The van der Waals surface area contributed by atoms with Gasteiger partial charge in [-0.15, -0.1) is 0 Å². The van der Waals surface area contributed by atoms with Crippen LogP contribution in [-0.2, 0) is 0 Å². The van der Waals surface area contributed by atoms with Crippen LogP contribution < -0.4 is 0 Å². The fourth-order valence-corrected chi connectivity index (χ4v) is 4.31. The van der Waals surface area contributed by atoms with E-state index in [2.05, 4.69) is 31.0 Å². The number of benzene rings is 2. The van der Waals surface area contributed by atoms with Gasteiger partial charge in [0, 0.05) is 54.0 Å². The molecule has 0 atom stereocenters. The third-order valence-electron chi connectivity index (χ3n) is 6.41. The summed E-state index contributed by atoms with van der Waals surface area (Å²) in [5, 5.41) is 12.3. The molecule has 11 nitrogen and oxygen atoms in total. The van der Waals surface area contributed by atoms with Crippen molar-refractivity contribution < 1.29 is 9.59 Å². The van der Waals surface area contributed by atoms with Crippen LogP contribution in [0.25, 0.3) is 38.6 Å². The average Bonchev–Trinajstić information content (AvgIpc) is 3.46. The van der Waals surface area contributed by atoms with E-state index in [0.29, 0.717) is 35.6 Å². The molecule has 0 saturated carbocycles. The molecule has 0 aliphatic carbocycles. The van der Waals surface area contributed by atoms with Crippen molar-refractivity contribution in [1.29, 1.82) is 5.26 Å². The van der Waals surface area contributed by atoms with Crippen LogP contribution in [0.3, 0.4) is 0 Å². The fourth-order valence-electron chi connectivity index (χ4n) is 4.31. The van der Waals surface area contributed by atoms with Crippen molar-refractivity contribution >= 4 is 17.5 Å². The van der Waals surface area contributed by atoms with Crippen molar-refractivity contribution in [2.75, 3.05) is 33.2 Å². The van der Waals surface area contributed by atoms with Gasteiger partial charge in [0.05, 0.1) is 41.0 Å². The van der Waals surface area contributed by atoms with E-state index < -0.39 is 5.91 Å². The van der Waals surface area contributed by atoms with Gasteiger partial charge in [-0.25, -0.2) is 4.98 Å². The first-order valence-corrected chi connectivity index (χ1v) is 13.5. The zero-order chi connectivity index (χ0) is 29.9. The van der Waals surface area contributed by atoms with E-state index in [1.54, 1.807) is 47.8 Å². The first-order valence-electron chi connectivity index (χ1n) is 13.5. The minimum Gasteiger partial charge on any atom is -0.336 e. The summed E-state index contributed by atoms with van der Waals surface area (Å²) in [4.78, 5) is 41.3. The van der Waals surface area contributed by atoms with Crippen molar-refractivity contribution in [3.8, 4) is 28.6 Å². The van der Waals surface area contributed by atoms with E-state index in [-0.39, 0.29) is 17.0 Å². The maximum absolute atomic E-state index is 13.2. The lowest BCUT2D eigenvalue weighted by Gasteiger charge is -2.32. The molecule has 5 rings (SSSR count). The van der Waals surface area contributed by atoms with E-state index in [1.807, 2.05) is 51.3 Å². The number of nitrogens with zero attached hydrogens (tertiary/aromatic N) is 9. The number of piperazine rings is 1. The predicted octanol–water partition coefficient (Wildman–Crippen LogP) is 5.83. The van der Waals surface area contributed by atoms with E-state index in [4.69, 9.17) is 10.8 Å². The largest absolute Gasteiger partial charge is 0.336 e. The van der Waals surface area contributed by atoms with E-state index in [9.17, 15) is 9.59 Å². The van der Waals surface area contributed by atoms with Crippen LogP contribution in [0, 0.1) is 11.3 Å². The van der Waals surface area contributed by atoms with Crippen molar-refractivity contribution in [3.05, 3.63) is 88.2 Å². The summed E-state index contributed by atoms with van der Waals surface area (Å²) in [5.41, 5.74) is 13.0. The van der Waals surface area contributed by atoms with Gasteiger partial charge in [-0.05, 0) is 42.0 Å². The highest BCUT2D eigenvalue weighted by Gasteiger charge is 2.25. The maximum atomic E-state index is 13.2. The Morgan fingerprint density at radius 2 is 1.59 bits per heavy atom. The first kappa shape index (κ1) is 30.5. The Morgan fingerprint density at radius 3 is 2.22 bits per heavy atom. The Bertz CT molecular complexity index is 1610. The summed E-state index contributed by atoms with van der Waals surface area (Å²) in [6, 6.07) is 14.1. The fraction of sp³-hybridized carbons (Fsp3) is 0.300. The zero-order valence-electron chi connectivity index (χ0n) is 23.9. The highest BCUT2D eigenvalue weighted by Crippen LogP contribution is 2.26. The summed E-state index contributed by atoms with van der Waals surface area (Å²) in [7, 11) is 1.99. The molecule has 11 heteroatoms. The predicted molar refractivity (Wildman–Crippen MR) is 158 cm³/mol. The number of azide groups is 1. The molecule has 2 aromatic heterocycles. The van der Waals surface area contributed by atoms with Crippen LogP contribution in [0.1, 0.15) is 54.0 Å². The van der Waals surface area contributed by atoms with E-state index in [1.165, 1.54) is 6.07 Å². The van der Waals surface area contributed by atoms with Gasteiger partial charge in [-0.1, -0.05) is 45.9 Å². The molecule has 3 heterocycles. The van der Waals surface area contributed by atoms with Crippen molar-refractivity contribution in [1.82, 2.24) is 24.2 Å². The van der Waals surface area contributed by atoms with Gasteiger partial charge in [0.1, 0.15) is 0 Å². The van der Waals surface area contributed by atoms with Gasteiger partial charge in [0.25, 0.3) is 5.91 Å². The summed E-state index contributed by atoms with van der Waals surface area (Å²) in [6.07, 6.45) is 5.12. The topological polar surface area (TPSA) is 143 Å². The molecule has 0 N–H and O–H groups in total. The molecule has 0 bridgehead atoms. The molecule has 41 heavy (non-hydrogen) atoms. The second kappa shape index (κ2) is 14.4. The molecular weight excluding hydrogens is 518 g/mol. The van der Waals surface area contributed by atoms with Crippen molar-refractivity contribution in [2.45, 2.75) is 27.7 Å². The Hall–Kier alpha value is -5.04. The zero-order valence-corrected chi connectivity index (χ0v) is 23.9. The minimum absolute atomic E-state index is 0.0269. The van der Waals surface area contributed by atoms with Gasteiger partial charge >= 0.3 is 0 Å². The van der Waals surface area contributed by atoms with Gasteiger partial charge in [0.2, 0.25) is 5.91 Å². The normalized spacial score (nSPS) is 12.6. The summed E-state index contributed by atoms with van der Waals surface area (Å²) in [5.74, 6) is -1.11. The minimum atomic E-state index is -0.830. The van der Waals surface area contributed by atoms with Crippen LogP contribution in [0.15, 0.2) is 66.2 Å². The Balaban J connectivity index is 0.00000111. The number of hydrogen-bond acceptors (Lipinski definition) is 6. The third kappa shape index (κ3) is 6.76. The molecule has 2 aromatic carbocycles. The second-order valence-electron chi connectivity index (χ2n) is 8.68. The van der Waals surface area contributed by atoms with Gasteiger partial charge < -0.3 is 9.80 Å². The molecule has 0 spiro atoms. The number of nitriles is 1. The number of likely N-dealkylation sites (N-methyl/N-ethyl adjacent to an activating group) is 1. The van der Waals surface area contributed by atoms with Gasteiger partial charge in [0.15, 0.2) is 5.65 Å². The van der Waals surface area contributed by atoms with Gasteiger partial charge in [-0.3, -0.25) is 19.0 Å². The number of fused-ring (bicyclic) bond motifs is 1. The van der Waals surface area contributed by atoms with Gasteiger partial charge in [-0.2, -0.15) is 5.26 Å². The smallest absolute Gasteiger partial charge is 0.254 e. The molecular formula is C30H33N9O2. The Labute approximate surface area is 239 Å². The lowest BCUT2D eigenvalue weighted by atomic mass is 10.0. The molecule has 1 aliphatic rings. The number of hydrogen-bond donors (Lipinski definition) is 0. The summed E-state index contributed by atoms with van der Waals surface area (Å²) in [6.45, 7) is 10.6. The van der Waals surface area contributed by atoms with Crippen molar-refractivity contribution in [2.24, 2.45) is 5.11 Å². The Morgan fingerprint density at radius 1 is 0.927 bits per heavy atom. The third-order valence-corrected chi connectivity index (χ3v) is 6.41. The number of amides is 2. The highest BCUT2D eigenvalue weighted by molar-refractivity contribution is 6.08. The highest BCUT2D eigenvalue weighted by atomic mass is 16.2. The van der Waals surface area contributed by atoms with Crippen LogP contribution in [0.5, 0.6) is 0 Å². The summed E-state index contributed by atoms with van der Waals surface area (Å²) < 4.78 is 1.86. The molecule has 210 valence electrons. The number of carbonyl (C=O) groups is 2. The molecule has 2 amide bonds. The molecule has 4 aromatic rings. The molecule has 1 aliphatic heterocycles. The monoisotopic (exact) mass is 551 g/mol. The summed E-state index contributed by atoms with van der Waals surface area (Å²) >= 11 is 0. The van der Waals surface area contributed by atoms with Crippen LogP contribution in [-0.4, -0.2) is 69.2 Å². The Kier molecular flexibility index (Phi) is 10.7. The lowest BCUT2D eigenvalue weighted by Crippen LogP contribution is -2.47. The average molecular weight is 552 g/mol. The van der Waals surface area contributed by atoms with E-state index in [0.717, 1.165) is 24.3 Å². The number of carbonyl (C=O) groups excluding carboxylic acids is 2. The quantitative estimate of drug-likeness (QED) is 0.177. The van der Waals surface area contributed by atoms with E-state index >= 15 is 0 Å².